The Labute approximate surface area is 119 Å². The van der Waals surface area contributed by atoms with Crippen LogP contribution in [0.1, 0.15) is 16.1 Å². The lowest BCUT2D eigenvalue weighted by Gasteiger charge is -1.96. The number of carboxylic acid groups (broad SMARTS) is 1. The zero-order valence-electron chi connectivity index (χ0n) is 10.1. The van der Waals surface area contributed by atoms with Gasteiger partial charge in [0.2, 0.25) is 5.91 Å². The molecule has 0 saturated carbocycles. The van der Waals surface area contributed by atoms with Gasteiger partial charge in [0, 0.05) is 17.2 Å². The quantitative estimate of drug-likeness (QED) is 0.754. The van der Waals surface area contributed by atoms with Gasteiger partial charge in [0.25, 0.3) is 0 Å². The molecule has 7 heteroatoms. The van der Waals surface area contributed by atoms with Gasteiger partial charge in [0.15, 0.2) is 5.82 Å². The third kappa shape index (κ3) is 3.69. The monoisotopic (exact) mass is 291 g/mol. The number of carbonyl (C=O) groups is 2. The summed E-state index contributed by atoms with van der Waals surface area (Å²) in [5.41, 5.74) is 0.722. The second-order valence-electron chi connectivity index (χ2n) is 3.85. The minimum absolute atomic E-state index is 0.0954. The Hall–Kier alpha value is -2.60. The van der Waals surface area contributed by atoms with E-state index in [1.807, 2.05) is 0 Å². The molecule has 0 spiro atoms. The van der Waals surface area contributed by atoms with E-state index in [0.29, 0.717) is 5.02 Å². The molecule has 0 fully saturated rings. The molecule has 1 aromatic carbocycles. The molecule has 0 unspecified atom stereocenters. The summed E-state index contributed by atoms with van der Waals surface area (Å²) >= 11 is 5.75. The standard InChI is InChI=1S/C13H10ClN3O3/c14-9-4-1-8(2-5-9)3-6-12(18)15-11-7-10(13(19)20)16-17-11/h1-7H,(H,19,20)(H2,15,16,17,18). The van der Waals surface area contributed by atoms with Crippen LogP contribution >= 0.6 is 11.6 Å². The van der Waals surface area contributed by atoms with E-state index in [4.69, 9.17) is 16.7 Å². The first-order valence-corrected chi connectivity index (χ1v) is 5.96. The van der Waals surface area contributed by atoms with Gasteiger partial charge < -0.3 is 10.4 Å². The summed E-state index contributed by atoms with van der Waals surface area (Å²) < 4.78 is 0. The molecular formula is C13H10ClN3O3. The molecule has 102 valence electrons. The van der Waals surface area contributed by atoms with Gasteiger partial charge in [0.1, 0.15) is 5.69 Å². The number of aromatic carboxylic acids is 1. The first-order chi connectivity index (χ1) is 9.54. The highest BCUT2D eigenvalue weighted by molar-refractivity contribution is 6.30. The molecule has 0 radical (unpaired) electrons. The third-order valence-electron chi connectivity index (χ3n) is 2.36. The largest absolute Gasteiger partial charge is 0.477 e. The molecule has 6 nitrogen and oxygen atoms in total. The molecule has 0 atom stereocenters. The van der Waals surface area contributed by atoms with Gasteiger partial charge in [0.05, 0.1) is 0 Å². The Morgan fingerprint density at radius 2 is 2.00 bits per heavy atom. The van der Waals surface area contributed by atoms with Gasteiger partial charge >= 0.3 is 5.97 Å². The molecule has 2 aromatic rings. The lowest BCUT2D eigenvalue weighted by Crippen LogP contribution is -2.07. The molecule has 3 N–H and O–H groups in total. The summed E-state index contributed by atoms with van der Waals surface area (Å²) in [7, 11) is 0. The van der Waals surface area contributed by atoms with E-state index in [-0.39, 0.29) is 11.5 Å². The Morgan fingerprint density at radius 3 is 2.60 bits per heavy atom. The average Bonchev–Trinajstić information content (AvgIpc) is 2.87. The highest BCUT2D eigenvalue weighted by Gasteiger charge is 2.08. The van der Waals surface area contributed by atoms with Crippen molar-refractivity contribution >= 4 is 35.4 Å². The molecule has 0 aliphatic heterocycles. The maximum absolute atomic E-state index is 11.6. The van der Waals surface area contributed by atoms with Crippen LogP contribution < -0.4 is 5.32 Å². The van der Waals surface area contributed by atoms with Crippen LogP contribution in [0.2, 0.25) is 5.02 Å². The van der Waals surface area contributed by atoms with E-state index >= 15 is 0 Å². The van der Waals surface area contributed by atoms with Gasteiger partial charge in [-0.3, -0.25) is 9.89 Å². The first-order valence-electron chi connectivity index (χ1n) is 5.58. The molecule has 1 heterocycles. The number of halogens is 1. The van der Waals surface area contributed by atoms with Crippen molar-refractivity contribution < 1.29 is 14.7 Å². The summed E-state index contributed by atoms with van der Waals surface area (Å²) in [4.78, 5) is 22.2. The number of carboxylic acids is 1. The van der Waals surface area contributed by atoms with E-state index in [1.54, 1.807) is 30.3 Å². The smallest absolute Gasteiger partial charge is 0.353 e. The molecule has 1 aromatic heterocycles. The van der Waals surface area contributed by atoms with Crippen LogP contribution in [0, 0.1) is 0 Å². The number of nitrogens with zero attached hydrogens (tertiary/aromatic N) is 1. The maximum Gasteiger partial charge on any atom is 0.353 e. The summed E-state index contributed by atoms with van der Waals surface area (Å²) in [6.07, 6.45) is 2.93. The van der Waals surface area contributed by atoms with Gasteiger partial charge in [-0.15, -0.1) is 0 Å². The number of H-pyrrole nitrogens is 1. The van der Waals surface area contributed by atoms with Crippen LogP contribution in [0.25, 0.3) is 6.08 Å². The van der Waals surface area contributed by atoms with Crippen LogP contribution in [0.3, 0.4) is 0 Å². The maximum atomic E-state index is 11.6. The van der Waals surface area contributed by atoms with Crippen LogP contribution in [-0.2, 0) is 4.79 Å². The first kappa shape index (κ1) is 13.8. The van der Waals surface area contributed by atoms with Crippen LogP contribution in [0.5, 0.6) is 0 Å². The molecule has 0 saturated heterocycles. The van der Waals surface area contributed by atoms with E-state index in [1.165, 1.54) is 12.1 Å². The number of amides is 1. The third-order valence-corrected chi connectivity index (χ3v) is 2.61. The Balaban J connectivity index is 1.97. The van der Waals surface area contributed by atoms with Crippen LogP contribution in [0.15, 0.2) is 36.4 Å². The van der Waals surface area contributed by atoms with Crippen molar-refractivity contribution in [3.8, 4) is 0 Å². The predicted molar refractivity (Wildman–Crippen MR) is 74.7 cm³/mol. The summed E-state index contributed by atoms with van der Waals surface area (Å²) in [6, 6.07) is 8.20. The molecule has 20 heavy (non-hydrogen) atoms. The number of rotatable bonds is 4. The fourth-order valence-electron chi connectivity index (χ4n) is 1.41. The number of hydrogen-bond acceptors (Lipinski definition) is 3. The van der Waals surface area contributed by atoms with Crippen molar-refractivity contribution in [2.45, 2.75) is 0 Å². The second-order valence-corrected chi connectivity index (χ2v) is 4.28. The number of anilines is 1. The van der Waals surface area contributed by atoms with Crippen molar-refractivity contribution in [2.75, 3.05) is 5.32 Å². The van der Waals surface area contributed by atoms with Gasteiger partial charge in [-0.2, -0.15) is 5.10 Å². The number of aromatic nitrogens is 2. The topological polar surface area (TPSA) is 95.1 Å². The average molecular weight is 292 g/mol. The van der Waals surface area contributed by atoms with Crippen molar-refractivity contribution in [1.82, 2.24) is 10.2 Å². The lowest BCUT2D eigenvalue weighted by molar-refractivity contribution is -0.111. The molecule has 2 rings (SSSR count). The van der Waals surface area contributed by atoms with E-state index in [9.17, 15) is 9.59 Å². The summed E-state index contributed by atoms with van der Waals surface area (Å²) in [6.45, 7) is 0. The van der Waals surface area contributed by atoms with Gasteiger partial charge in [-0.1, -0.05) is 23.7 Å². The number of benzene rings is 1. The Morgan fingerprint density at radius 1 is 1.30 bits per heavy atom. The highest BCUT2D eigenvalue weighted by atomic mass is 35.5. The lowest BCUT2D eigenvalue weighted by atomic mass is 10.2. The fraction of sp³-hybridized carbons (Fsp3) is 0. The summed E-state index contributed by atoms with van der Waals surface area (Å²) in [5, 5.41) is 17.7. The second kappa shape index (κ2) is 6.03. The fourth-order valence-corrected chi connectivity index (χ4v) is 1.53. The molecule has 0 bridgehead atoms. The molecule has 0 aliphatic rings. The molecule has 1 amide bonds. The number of carbonyl (C=O) groups excluding carboxylic acids is 1. The minimum Gasteiger partial charge on any atom is -0.477 e. The highest BCUT2D eigenvalue weighted by Crippen LogP contribution is 2.11. The predicted octanol–water partition coefficient (Wildman–Crippen LogP) is 2.41. The van der Waals surface area contributed by atoms with Gasteiger partial charge in [-0.05, 0) is 23.8 Å². The van der Waals surface area contributed by atoms with Crippen LogP contribution in [0.4, 0.5) is 5.82 Å². The van der Waals surface area contributed by atoms with E-state index < -0.39 is 11.9 Å². The number of hydrogen-bond donors (Lipinski definition) is 3. The van der Waals surface area contributed by atoms with Crippen molar-refractivity contribution in [3.63, 3.8) is 0 Å². The van der Waals surface area contributed by atoms with Crippen molar-refractivity contribution in [2.24, 2.45) is 0 Å². The van der Waals surface area contributed by atoms with Crippen molar-refractivity contribution in [3.05, 3.63) is 52.7 Å². The van der Waals surface area contributed by atoms with Gasteiger partial charge in [-0.25, -0.2) is 4.79 Å². The van der Waals surface area contributed by atoms with Crippen LogP contribution in [-0.4, -0.2) is 27.2 Å². The zero-order valence-corrected chi connectivity index (χ0v) is 10.9. The van der Waals surface area contributed by atoms with E-state index in [0.717, 1.165) is 5.56 Å². The zero-order chi connectivity index (χ0) is 14.5. The van der Waals surface area contributed by atoms with Crippen molar-refractivity contribution in [1.29, 1.82) is 0 Å². The SMILES string of the molecule is O=C(C=Cc1ccc(Cl)cc1)Nc1cc(C(=O)O)[nH]n1. The molecule has 0 aliphatic carbocycles. The summed E-state index contributed by atoms with van der Waals surface area (Å²) in [5.74, 6) is -1.41. The number of nitrogens with one attached hydrogen (secondary N) is 2. The van der Waals surface area contributed by atoms with E-state index in [2.05, 4.69) is 15.5 Å². The Bertz CT molecular complexity index is 662. The minimum atomic E-state index is -1.14. The Kier molecular flexibility index (Phi) is 4.17. The molecular weight excluding hydrogens is 282 g/mol. The number of aromatic amines is 1. The normalized spacial score (nSPS) is 10.7.